The standard InChI is InChI=1S/C13H11N3O3S2/c14-6-5-9-1-3-11(4-2-9)16-13(17)10-7-12(20-8-10)21(15,18)19/h1-4,7-8H,5H2,(H,16,17)(H2,15,18,19). The monoisotopic (exact) mass is 321 g/mol. The van der Waals surface area contributed by atoms with Gasteiger partial charge in [-0.2, -0.15) is 5.26 Å². The lowest BCUT2D eigenvalue weighted by atomic mass is 10.1. The second-order valence-corrected chi connectivity index (χ2v) is 6.88. The minimum absolute atomic E-state index is 0.0583. The predicted octanol–water partition coefficient (Wildman–Crippen LogP) is 1.71. The Labute approximate surface area is 125 Å². The number of hydrogen-bond acceptors (Lipinski definition) is 5. The fraction of sp³-hybridized carbons (Fsp3) is 0.0769. The Bertz CT molecular complexity index is 802. The van der Waals surface area contributed by atoms with E-state index in [0.29, 0.717) is 12.1 Å². The summed E-state index contributed by atoms with van der Waals surface area (Å²) in [6, 6.07) is 10.1. The third-order valence-corrected chi connectivity index (χ3v) is 5.00. The molecule has 1 heterocycles. The summed E-state index contributed by atoms with van der Waals surface area (Å²) in [4.78, 5) is 12.0. The van der Waals surface area contributed by atoms with Crippen LogP contribution >= 0.6 is 11.3 Å². The van der Waals surface area contributed by atoms with Crippen LogP contribution in [0.25, 0.3) is 0 Å². The van der Waals surface area contributed by atoms with Crippen LogP contribution in [0.1, 0.15) is 15.9 Å². The molecule has 1 aromatic carbocycles. The average molecular weight is 321 g/mol. The van der Waals surface area contributed by atoms with Crippen molar-refractivity contribution in [1.82, 2.24) is 0 Å². The zero-order valence-electron chi connectivity index (χ0n) is 10.7. The van der Waals surface area contributed by atoms with Crippen molar-refractivity contribution in [2.24, 2.45) is 5.14 Å². The first kappa shape index (κ1) is 15.2. The van der Waals surface area contributed by atoms with Crippen LogP contribution in [0.2, 0.25) is 0 Å². The van der Waals surface area contributed by atoms with Gasteiger partial charge in [0.15, 0.2) is 0 Å². The van der Waals surface area contributed by atoms with E-state index in [1.807, 2.05) is 6.07 Å². The van der Waals surface area contributed by atoms with E-state index in [1.165, 1.54) is 11.4 Å². The highest BCUT2D eigenvalue weighted by molar-refractivity contribution is 7.91. The lowest BCUT2D eigenvalue weighted by molar-refractivity contribution is 0.102. The number of hydrogen-bond donors (Lipinski definition) is 2. The number of benzene rings is 1. The van der Waals surface area contributed by atoms with Gasteiger partial charge >= 0.3 is 0 Å². The normalized spacial score (nSPS) is 10.9. The van der Waals surface area contributed by atoms with Crippen molar-refractivity contribution in [3.05, 3.63) is 46.8 Å². The Morgan fingerprint density at radius 3 is 2.52 bits per heavy atom. The summed E-state index contributed by atoms with van der Waals surface area (Å²) in [7, 11) is -3.79. The van der Waals surface area contributed by atoms with Gasteiger partial charge in [-0.05, 0) is 23.8 Å². The van der Waals surface area contributed by atoms with Crippen molar-refractivity contribution in [2.75, 3.05) is 5.32 Å². The molecule has 0 atom stereocenters. The fourth-order valence-electron chi connectivity index (χ4n) is 1.59. The molecule has 2 rings (SSSR count). The molecule has 0 saturated carbocycles. The number of nitrogens with two attached hydrogens (primary N) is 1. The Morgan fingerprint density at radius 2 is 2.00 bits per heavy atom. The quantitative estimate of drug-likeness (QED) is 0.892. The van der Waals surface area contributed by atoms with Crippen LogP contribution in [0.3, 0.4) is 0 Å². The molecule has 3 N–H and O–H groups in total. The SMILES string of the molecule is N#CCc1ccc(NC(=O)c2csc(S(N)(=O)=O)c2)cc1. The third kappa shape index (κ3) is 3.88. The molecule has 8 heteroatoms. The molecule has 0 unspecified atom stereocenters. The van der Waals surface area contributed by atoms with Gasteiger partial charge in [0.05, 0.1) is 18.1 Å². The maximum absolute atomic E-state index is 12.0. The van der Waals surface area contributed by atoms with Crippen LogP contribution in [-0.2, 0) is 16.4 Å². The van der Waals surface area contributed by atoms with Crippen molar-refractivity contribution >= 4 is 33.0 Å². The first-order valence-electron chi connectivity index (χ1n) is 5.79. The second-order valence-electron chi connectivity index (χ2n) is 4.19. The first-order chi connectivity index (χ1) is 9.90. The van der Waals surface area contributed by atoms with E-state index in [4.69, 9.17) is 10.4 Å². The van der Waals surface area contributed by atoms with Crippen LogP contribution < -0.4 is 10.5 Å². The largest absolute Gasteiger partial charge is 0.322 e. The molecule has 0 radical (unpaired) electrons. The van der Waals surface area contributed by atoms with Gasteiger partial charge in [0.2, 0.25) is 10.0 Å². The number of anilines is 1. The second kappa shape index (κ2) is 6.05. The molecule has 0 aliphatic rings. The first-order valence-corrected chi connectivity index (χ1v) is 8.21. The molecular weight excluding hydrogens is 310 g/mol. The number of nitrogens with one attached hydrogen (secondary N) is 1. The topological polar surface area (TPSA) is 113 Å². The highest BCUT2D eigenvalue weighted by Gasteiger charge is 2.15. The van der Waals surface area contributed by atoms with Gasteiger partial charge in [-0.15, -0.1) is 11.3 Å². The fourth-order valence-corrected chi connectivity index (χ4v) is 3.17. The molecule has 0 bridgehead atoms. The Hall–Kier alpha value is -2.21. The van der Waals surface area contributed by atoms with E-state index in [0.717, 1.165) is 16.9 Å². The van der Waals surface area contributed by atoms with Crippen LogP contribution in [0.5, 0.6) is 0 Å². The Balaban J connectivity index is 2.11. The Kier molecular flexibility index (Phi) is 4.37. The lowest BCUT2D eigenvalue weighted by Gasteiger charge is -2.04. The molecule has 0 saturated heterocycles. The maximum atomic E-state index is 12.0. The number of nitrogens with zero attached hydrogens (tertiary/aromatic N) is 1. The van der Waals surface area contributed by atoms with Gasteiger partial charge in [-0.3, -0.25) is 4.79 Å². The summed E-state index contributed by atoms with van der Waals surface area (Å²) in [5.41, 5.74) is 1.64. The molecule has 0 spiro atoms. The van der Waals surface area contributed by atoms with E-state index < -0.39 is 15.9 Å². The molecule has 0 aliphatic carbocycles. The highest BCUT2D eigenvalue weighted by Crippen LogP contribution is 2.20. The van der Waals surface area contributed by atoms with Crippen LogP contribution in [0, 0.1) is 11.3 Å². The smallest absolute Gasteiger partial charge is 0.256 e. The van der Waals surface area contributed by atoms with Crippen LogP contribution in [0.15, 0.2) is 39.9 Å². The summed E-state index contributed by atoms with van der Waals surface area (Å²) in [5.74, 6) is -0.422. The minimum atomic E-state index is -3.79. The van der Waals surface area contributed by atoms with Gasteiger partial charge in [-0.25, -0.2) is 13.6 Å². The van der Waals surface area contributed by atoms with E-state index in [9.17, 15) is 13.2 Å². The van der Waals surface area contributed by atoms with E-state index >= 15 is 0 Å². The number of nitriles is 1. The van der Waals surface area contributed by atoms with Gasteiger partial charge in [-0.1, -0.05) is 12.1 Å². The number of primary sulfonamides is 1. The number of rotatable bonds is 4. The summed E-state index contributed by atoms with van der Waals surface area (Å²) in [6.07, 6.45) is 0.302. The third-order valence-electron chi connectivity index (χ3n) is 2.61. The molecule has 1 aromatic heterocycles. The minimum Gasteiger partial charge on any atom is -0.322 e. The summed E-state index contributed by atoms with van der Waals surface area (Å²) < 4.78 is 22.3. The molecule has 0 fully saturated rings. The van der Waals surface area contributed by atoms with E-state index in [-0.39, 0.29) is 9.77 Å². The molecule has 1 amide bonds. The number of thiophene rings is 1. The molecular formula is C13H11N3O3S2. The predicted molar refractivity (Wildman–Crippen MR) is 79.4 cm³/mol. The summed E-state index contributed by atoms with van der Waals surface area (Å²) >= 11 is 0.895. The molecule has 108 valence electrons. The zero-order chi connectivity index (χ0) is 15.5. The van der Waals surface area contributed by atoms with Gasteiger partial charge in [0, 0.05) is 11.1 Å². The van der Waals surface area contributed by atoms with Crippen molar-refractivity contribution in [2.45, 2.75) is 10.6 Å². The van der Waals surface area contributed by atoms with Crippen molar-refractivity contribution in [1.29, 1.82) is 5.26 Å². The number of carbonyl (C=O) groups excluding carboxylic acids is 1. The summed E-state index contributed by atoms with van der Waals surface area (Å²) in [5, 5.41) is 17.6. The van der Waals surface area contributed by atoms with E-state index in [1.54, 1.807) is 24.3 Å². The highest BCUT2D eigenvalue weighted by atomic mass is 32.2. The number of carbonyl (C=O) groups is 1. The Morgan fingerprint density at radius 1 is 1.33 bits per heavy atom. The van der Waals surface area contributed by atoms with Gasteiger partial charge < -0.3 is 5.32 Å². The molecule has 2 aromatic rings. The van der Waals surface area contributed by atoms with Crippen molar-refractivity contribution < 1.29 is 13.2 Å². The van der Waals surface area contributed by atoms with Crippen LogP contribution in [0.4, 0.5) is 5.69 Å². The van der Waals surface area contributed by atoms with Crippen LogP contribution in [-0.4, -0.2) is 14.3 Å². The number of amides is 1. The van der Waals surface area contributed by atoms with Gasteiger partial charge in [0.25, 0.3) is 5.91 Å². The summed E-state index contributed by atoms with van der Waals surface area (Å²) in [6.45, 7) is 0. The lowest BCUT2D eigenvalue weighted by Crippen LogP contribution is -2.12. The zero-order valence-corrected chi connectivity index (χ0v) is 12.4. The van der Waals surface area contributed by atoms with Crippen molar-refractivity contribution in [3.8, 4) is 6.07 Å². The molecule has 21 heavy (non-hydrogen) atoms. The average Bonchev–Trinajstić information content (AvgIpc) is 2.91. The van der Waals surface area contributed by atoms with Crippen molar-refractivity contribution in [3.63, 3.8) is 0 Å². The number of sulfonamides is 1. The van der Waals surface area contributed by atoms with E-state index in [2.05, 4.69) is 5.32 Å². The van der Waals surface area contributed by atoms with Gasteiger partial charge in [0.1, 0.15) is 4.21 Å². The maximum Gasteiger partial charge on any atom is 0.256 e. The molecule has 0 aliphatic heterocycles. The molecule has 6 nitrogen and oxygen atoms in total.